The van der Waals surface area contributed by atoms with Crippen molar-refractivity contribution < 1.29 is 9.47 Å². The SMILES string of the molecule is CCNC(Cc1cccc(OC)c1)c1cccc(OC)c1. The summed E-state index contributed by atoms with van der Waals surface area (Å²) >= 11 is 0. The van der Waals surface area contributed by atoms with Crippen molar-refractivity contribution in [3.8, 4) is 11.5 Å². The van der Waals surface area contributed by atoms with Crippen molar-refractivity contribution in [1.82, 2.24) is 5.32 Å². The first-order valence-corrected chi connectivity index (χ1v) is 7.27. The number of methoxy groups -OCH3 is 2. The fourth-order valence-electron chi connectivity index (χ4n) is 2.45. The Morgan fingerprint density at radius 1 is 0.952 bits per heavy atom. The molecule has 2 rings (SSSR count). The van der Waals surface area contributed by atoms with E-state index in [9.17, 15) is 0 Å². The van der Waals surface area contributed by atoms with Crippen LogP contribution in [0, 0.1) is 0 Å². The summed E-state index contributed by atoms with van der Waals surface area (Å²) in [5.41, 5.74) is 2.49. The van der Waals surface area contributed by atoms with E-state index in [4.69, 9.17) is 9.47 Å². The molecule has 0 heterocycles. The van der Waals surface area contributed by atoms with Gasteiger partial charge < -0.3 is 14.8 Å². The quantitative estimate of drug-likeness (QED) is 0.843. The summed E-state index contributed by atoms with van der Waals surface area (Å²) in [4.78, 5) is 0. The molecular weight excluding hydrogens is 262 g/mol. The lowest BCUT2D eigenvalue weighted by Gasteiger charge is -2.19. The molecule has 0 spiro atoms. The summed E-state index contributed by atoms with van der Waals surface area (Å²) in [6.45, 7) is 3.05. The maximum atomic E-state index is 5.32. The molecule has 3 heteroatoms. The highest BCUT2D eigenvalue weighted by molar-refractivity contribution is 5.33. The molecule has 0 aliphatic heterocycles. The first-order valence-electron chi connectivity index (χ1n) is 7.27. The van der Waals surface area contributed by atoms with Crippen LogP contribution in [-0.2, 0) is 6.42 Å². The minimum absolute atomic E-state index is 0.261. The molecule has 0 aliphatic carbocycles. The standard InChI is InChI=1S/C18H23NO2/c1-4-19-18(15-8-6-10-17(13-15)21-3)12-14-7-5-9-16(11-14)20-2/h5-11,13,18-19H,4,12H2,1-3H3. The van der Waals surface area contributed by atoms with Crippen LogP contribution in [0.1, 0.15) is 24.1 Å². The van der Waals surface area contributed by atoms with Gasteiger partial charge in [-0.15, -0.1) is 0 Å². The van der Waals surface area contributed by atoms with Gasteiger partial charge in [0, 0.05) is 6.04 Å². The highest BCUT2D eigenvalue weighted by atomic mass is 16.5. The normalized spacial score (nSPS) is 12.0. The molecule has 112 valence electrons. The van der Waals surface area contributed by atoms with Crippen molar-refractivity contribution in [2.24, 2.45) is 0 Å². The van der Waals surface area contributed by atoms with Gasteiger partial charge in [-0.25, -0.2) is 0 Å². The lowest BCUT2D eigenvalue weighted by atomic mass is 9.98. The minimum atomic E-state index is 0.261. The molecule has 0 fully saturated rings. The van der Waals surface area contributed by atoms with Gasteiger partial charge in [-0.1, -0.05) is 31.2 Å². The number of nitrogens with one attached hydrogen (secondary N) is 1. The Balaban J connectivity index is 2.21. The molecule has 0 bridgehead atoms. The zero-order valence-corrected chi connectivity index (χ0v) is 12.9. The molecule has 0 saturated heterocycles. The van der Waals surface area contributed by atoms with Crippen molar-refractivity contribution in [2.45, 2.75) is 19.4 Å². The van der Waals surface area contributed by atoms with E-state index in [0.29, 0.717) is 0 Å². The molecule has 0 amide bonds. The summed E-state index contributed by atoms with van der Waals surface area (Å²) in [6.07, 6.45) is 0.915. The van der Waals surface area contributed by atoms with Gasteiger partial charge in [0.1, 0.15) is 11.5 Å². The van der Waals surface area contributed by atoms with Gasteiger partial charge in [0.05, 0.1) is 14.2 Å². The van der Waals surface area contributed by atoms with E-state index in [1.807, 2.05) is 24.3 Å². The number of rotatable bonds is 7. The summed E-state index contributed by atoms with van der Waals surface area (Å²) in [5, 5.41) is 3.54. The van der Waals surface area contributed by atoms with Gasteiger partial charge in [-0.05, 0) is 48.4 Å². The molecule has 0 aromatic heterocycles. The van der Waals surface area contributed by atoms with Gasteiger partial charge in [0.25, 0.3) is 0 Å². The van der Waals surface area contributed by atoms with Crippen molar-refractivity contribution in [1.29, 1.82) is 0 Å². The number of hydrogen-bond donors (Lipinski definition) is 1. The van der Waals surface area contributed by atoms with Crippen LogP contribution in [0.4, 0.5) is 0 Å². The van der Waals surface area contributed by atoms with E-state index in [-0.39, 0.29) is 6.04 Å². The monoisotopic (exact) mass is 285 g/mol. The smallest absolute Gasteiger partial charge is 0.119 e. The topological polar surface area (TPSA) is 30.5 Å². The van der Waals surface area contributed by atoms with Crippen LogP contribution < -0.4 is 14.8 Å². The van der Waals surface area contributed by atoms with Crippen molar-refractivity contribution in [2.75, 3.05) is 20.8 Å². The second-order valence-corrected chi connectivity index (χ2v) is 4.94. The molecule has 0 aliphatic rings. The number of benzene rings is 2. The van der Waals surface area contributed by atoms with Crippen LogP contribution in [0.2, 0.25) is 0 Å². The van der Waals surface area contributed by atoms with Crippen LogP contribution in [0.15, 0.2) is 48.5 Å². The maximum absolute atomic E-state index is 5.32. The van der Waals surface area contributed by atoms with Gasteiger partial charge >= 0.3 is 0 Å². The van der Waals surface area contributed by atoms with Crippen LogP contribution in [0.25, 0.3) is 0 Å². The molecular formula is C18H23NO2. The minimum Gasteiger partial charge on any atom is -0.497 e. The zero-order chi connectivity index (χ0) is 15.1. The van der Waals surface area contributed by atoms with Gasteiger partial charge in [0.15, 0.2) is 0 Å². The molecule has 1 N–H and O–H groups in total. The van der Waals surface area contributed by atoms with Crippen LogP contribution in [0.5, 0.6) is 11.5 Å². The highest BCUT2D eigenvalue weighted by Gasteiger charge is 2.12. The van der Waals surface area contributed by atoms with Gasteiger partial charge in [-0.2, -0.15) is 0 Å². The van der Waals surface area contributed by atoms with E-state index in [1.54, 1.807) is 14.2 Å². The Labute approximate surface area is 126 Å². The molecule has 21 heavy (non-hydrogen) atoms. The second-order valence-electron chi connectivity index (χ2n) is 4.94. The predicted octanol–water partition coefficient (Wildman–Crippen LogP) is 3.60. The molecule has 3 nitrogen and oxygen atoms in total. The lowest BCUT2D eigenvalue weighted by Crippen LogP contribution is -2.23. The average Bonchev–Trinajstić information content (AvgIpc) is 2.54. The molecule has 0 radical (unpaired) electrons. The first kappa shape index (κ1) is 15.4. The van der Waals surface area contributed by atoms with Crippen molar-refractivity contribution in [3.63, 3.8) is 0 Å². The third-order valence-electron chi connectivity index (χ3n) is 3.52. The maximum Gasteiger partial charge on any atom is 0.119 e. The molecule has 1 atom stereocenters. The molecule has 2 aromatic carbocycles. The number of hydrogen-bond acceptors (Lipinski definition) is 3. The Bertz CT molecular complexity index is 569. The van der Waals surface area contributed by atoms with E-state index in [0.717, 1.165) is 24.5 Å². The predicted molar refractivity (Wildman–Crippen MR) is 86.1 cm³/mol. The molecule has 2 aromatic rings. The van der Waals surface area contributed by atoms with Crippen LogP contribution in [-0.4, -0.2) is 20.8 Å². The third-order valence-corrected chi connectivity index (χ3v) is 3.52. The number of likely N-dealkylation sites (N-methyl/N-ethyl adjacent to an activating group) is 1. The van der Waals surface area contributed by atoms with Gasteiger partial charge in [0.2, 0.25) is 0 Å². The van der Waals surface area contributed by atoms with Gasteiger partial charge in [-0.3, -0.25) is 0 Å². The Kier molecular flexibility index (Phi) is 5.64. The van der Waals surface area contributed by atoms with E-state index >= 15 is 0 Å². The lowest BCUT2D eigenvalue weighted by molar-refractivity contribution is 0.412. The van der Waals surface area contributed by atoms with Crippen molar-refractivity contribution in [3.05, 3.63) is 59.7 Å². The summed E-state index contributed by atoms with van der Waals surface area (Å²) in [5.74, 6) is 1.79. The van der Waals surface area contributed by atoms with Crippen LogP contribution >= 0.6 is 0 Å². The first-order chi connectivity index (χ1) is 10.3. The fraction of sp³-hybridized carbons (Fsp3) is 0.333. The zero-order valence-electron chi connectivity index (χ0n) is 12.9. The second kappa shape index (κ2) is 7.70. The number of ether oxygens (including phenoxy) is 2. The van der Waals surface area contributed by atoms with Crippen molar-refractivity contribution >= 4 is 0 Å². The van der Waals surface area contributed by atoms with Crippen LogP contribution in [0.3, 0.4) is 0 Å². The van der Waals surface area contributed by atoms with E-state index in [2.05, 4.69) is 36.5 Å². The highest BCUT2D eigenvalue weighted by Crippen LogP contribution is 2.24. The largest absolute Gasteiger partial charge is 0.497 e. The summed E-state index contributed by atoms with van der Waals surface area (Å²) < 4.78 is 10.6. The molecule has 1 unspecified atom stereocenters. The summed E-state index contributed by atoms with van der Waals surface area (Å²) in [6, 6.07) is 16.7. The Hall–Kier alpha value is -2.00. The summed E-state index contributed by atoms with van der Waals surface area (Å²) in [7, 11) is 3.40. The Morgan fingerprint density at radius 3 is 2.29 bits per heavy atom. The van der Waals surface area contributed by atoms with E-state index in [1.165, 1.54) is 11.1 Å². The van der Waals surface area contributed by atoms with E-state index < -0.39 is 0 Å². The average molecular weight is 285 g/mol. The molecule has 0 saturated carbocycles. The third kappa shape index (κ3) is 4.23. The fourth-order valence-corrected chi connectivity index (χ4v) is 2.45. The Morgan fingerprint density at radius 2 is 1.62 bits per heavy atom.